The molecule has 1 aromatic heterocycles. The summed E-state index contributed by atoms with van der Waals surface area (Å²) in [6.07, 6.45) is 6.70. The van der Waals surface area contributed by atoms with Gasteiger partial charge in [-0.2, -0.15) is 0 Å². The molecule has 0 bridgehead atoms. The van der Waals surface area contributed by atoms with Crippen molar-refractivity contribution in [2.45, 2.75) is 12.8 Å². The van der Waals surface area contributed by atoms with Crippen molar-refractivity contribution in [2.75, 3.05) is 11.9 Å². The van der Waals surface area contributed by atoms with Crippen LogP contribution in [0.3, 0.4) is 0 Å². The molecule has 78 valence electrons. The monoisotopic (exact) mass is 203 g/mol. The van der Waals surface area contributed by atoms with Crippen molar-refractivity contribution in [3.8, 4) is 0 Å². The third-order valence-corrected chi connectivity index (χ3v) is 2.30. The van der Waals surface area contributed by atoms with Crippen LogP contribution in [0.1, 0.15) is 17.5 Å². The van der Waals surface area contributed by atoms with Crippen LogP contribution in [0.5, 0.6) is 0 Å². The minimum atomic E-state index is -0.318. The Balaban J connectivity index is 2.10. The number of nitrogens with one attached hydrogen (secondary N) is 1. The lowest BCUT2D eigenvalue weighted by atomic mass is 10.1. The van der Waals surface area contributed by atoms with Crippen LogP contribution >= 0.6 is 0 Å². The van der Waals surface area contributed by atoms with Gasteiger partial charge in [-0.05, 0) is 23.6 Å². The zero-order valence-electron chi connectivity index (χ0n) is 8.36. The molecule has 0 atom stereocenters. The van der Waals surface area contributed by atoms with Gasteiger partial charge in [0, 0.05) is 19.2 Å². The van der Waals surface area contributed by atoms with E-state index in [9.17, 15) is 4.79 Å². The first-order valence-corrected chi connectivity index (χ1v) is 4.93. The quantitative estimate of drug-likeness (QED) is 0.768. The summed E-state index contributed by atoms with van der Waals surface area (Å²) >= 11 is 0. The standard InChI is InChI=1S/C11H13N3O/c12-10(15)3-1-2-8-6-9-4-5-13-11(9)14-7-8/h1-2,6-7H,3-5H2,(H2,12,15)(H,13,14). The number of pyridine rings is 1. The van der Waals surface area contributed by atoms with Gasteiger partial charge in [0.15, 0.2) is 0 Å². The number of carbonyl (C=O) groups is 1. The minimum absolute atomic E-state index is 0.273. The fourth-order valence-corrected chi connectivity index (χ4v) is 1.60. The average molecular weight is 203 g/mol. The minimum Gasteiger partial charge on any atom is -0.370 e. The van der Waals surface area contributed by atoms with Crippen LogP contribution in [0, 0.1) is 0 Å². The van der Waals surface area contributed by atoms with E-state index in [2.05, 4.69) is 16.4 Å². The predicted molar refractivity (Wildman–Crippen MR) is 59.3 cm³/mol. The molecule has 1 aliphatic heterocycles. The Morgan fingerprint density at radius 1 is 1.67 bits per heavy atom. The Morgan fingerprint density at radius 2 is 2.53 bits per heavy atom. The van der Waals surface area contributed by atoms with Crippen LogP contribution in [-0.2, 0) is 11.2 Å². The van der Waals surface area contributed by atoms with E-state index in [0.29, 0.717) is 0 Å². The molecule has 0 radical (unpaired) electrons. The van der Waals surface area contributed by atoms with E-state index in [0.717, 1.165) is 24.3 Å². The normalized spacial score (nSPS) is 13.9. The van der Waals surface area contributed by atoms with Crippen molar-refractivity contribution in [3.05, 3.63) is 29.5 Å². The Bertz CT molecular complexity index is 412. The Kier molecular flexibility index (Phi) is 2.67. The molecule has 3 N–H and O–H groups in total. The Hall–Kier alpha value is -1.84. The molecule has 1 aliphatic rings. The number of rotatable bonds is 3. The maximum Gasteiger partial charge on any atom is 0.221 e. The lowest BCUT2D eigenvalue weighted by molar-refractivity contribution is -0.117. The molecule has 0 aliphatic carbocycles. The summed E-state index contributed by atoms with van der Waals surface area (Å²) in [7, 11) is 0. The number of amides is 1. The van der Waals surface area contributed by atoms with Gasteiger partial charge in [-0.1, -0.05) is 12.2 Å². The van der Waals surface area contributed by atoms with E-state index in [1.165, 1.54) is 5.56 Å². The van der Waals surface area contributed by atoms with Crippen molar-refractivity contribution >= 4 is 17.8 Å². The van der Waals surface area contributed by atoms with Gasteiger partial charge in [0.05, 0.1) is 0 Å². The van der Waals surface area contributed by atoms with Gasteiger partial charge in [-0.25, -0.2) is 4.98 Å². The molecule has 2 heterocycles. The average Bonchev–Trinajstić information content (AvgIpc) is 2.64. The summed E-state index contributed by atoms with van der Waals surface area (Å²) in [6.45, 7) is 0.955. The highest BCUT2D eigenvalue weighted by Gasteiger charge is 2.10. The first-order valence-electron chi connectivity index (χ1n) is 4.93. The van der Waals surface area contributed by atoms with Crippen LogP contribution < -0.4 is 11.1 Å². The molecule has 2 rings (SSSR count). The molecule has 0 fully saturated rings. The molecule has 4 nitrogen and oxygen atoms in total. The second-order valence-electron chi connectivity index (χ2n) is 3.53. The van der Waals surface area contributed by atoms with Crippen molar-refractivity contribution in [1.82, 2.24) is 4.98 Å². The van der Waals surface area contributed by atoms with Gasteiger partial charge in [0.2, 0.25) is 5.91 Å². The summed E-state index contributed by atoms with van der Waals surface area (Å²) in [5.74, 6) is 0.657. The maximum absolute atomic E-state index is 10.5. The maximum atomic E-state index is 10.5. The summed E-state index contributed by atoms with van der Waals surface area (Å²) in [6, 6.07) is 2.08. The molecular weight excluding hydrogens is 190 g/mol. The zero-order valence-corrected chi connectivity index (χ0v) is 8.36. The molecule has 0 saturated heterocycles. The number of anilines is 1. The summed E-state index contributed by atoms with van der Waals surface area (Å²) < 4.78 is 0. The number of hydrogen-bond donors (Lipinski definition) is 2. The second-order valence-corrected chi connectivity index (χ2v) is 3.53. The van der Waals surface area contributed by atoms with Gasteiger partial charge < -0.3 is 11.1 Å². The van der Waals surface area contributed by atoms with Gasteiger partial charge in [-0.3, -0.25) is 4.79 Å². The van der Waals surface area contributed by atoms with Crippen molar-refractivity contribution < 1.29 is 4.79 Å². The van der Waals surface area contributed by atoms with E-state index in [1.807, 2.05) is 6.08 Å². The van der Waals surface area contributed by atoms with E-state index in [1.54, 1.807) is 12.3 Å². The zero-order chi connectivity index (χ0) is 10.7. The molecule has 0 unspecified atom stereocenters. The number of nitrogens with zero attached hydrogens (tertiary/aromatic N) is 1. The molecule has 0 spiro atoms. The topological polar surface area (TPSA) is 68.0 Å². The van der Waals surface area contributed by atoms with Crippen molar-refractivity contribution in [2.24, 2.45) is 5.73 Å². The number of carbonyl (C=O) groups excluding carboxylic acids is 1. The second kappa shape index (κ2) is 4.13. The first kappa shape index (κ1) is 9.71. The van der Waals surface area contributed by atoms with Gasteiger partial charge in [-0.15, -0.1) is 0 Å². The number of nitrogens with two attached hydrogens (primary N) is 1. The van der Waals surface area contributed by atoms with Crippen molar-refractivity contribution in [1.29, 1.82) is 0 Å². The summed E-state index contributed by atoms with van der Waals surface area (Å²) in [5.41, 5.74) is 7.28. The molecule has 0 aromatic carbocycles. The highest BCUT2D eigenvalue weighted by atomic mass is 16.1. The van der Waals surface area contributed by atoms with E-state index < -0.39 is 0 Å². The largest absolute Gasteiger partial charge is 0.370 e. The molecule has 15 heavy (non-hydrogen) atoms. The molecular formula is C11H13N3O. The van der Waals surface area contributed by atoms with Crippen LogP contribution in [0.25, 0.3) is 6.08 Å². The molecule has 1 aromatic rings. The van der Waals surface area contributed by atoms with E-state index >= 15 is 0 Å². The Labute approximate surface area is 88.2 Å². The molecule has 1 amide bonds. The number of primary amides is 1. The summed E-state index contributed by atoms with van der Waals surface area (Å²) in [4.78, 5) is 14.8. The summed E-state index contributed by atoms with van der Waals surface area (Å²) in [5, 5.41) is 3.19. The predicted octanol–water partition coefficient (Wildman–Crippen LogP) is 0.938. The third kappa shape index (κ3) is 2.34. The van der Waals surface area contributed by atoms with Crippen LogP contribution in [0.4, 0.5) is 5.82 Å². The van der Waals surface area contributed by atoms with Crippen LogP contribution in [-0.4, -0.2) is 17.4 Å². The van der Waals surface area contributed by atoms with Gasteiger partial charge >= 0.3 is 0 Å². The SMILES string of the molecule is NC(=O)CC=Cc1cnc2c(c1)CCN2. The van der Waals surface area contributed by atoms with Crippen molar-refractivity contribution in [3.63, 3.8) is 0 Å². The number of fused-ring (bicyclic) bond motifs is 1. The van der Waals surface area contributed by atoms with Crippen LogP contribution in [0.2, 0.25) is 0 Å². The highest BCUT2D eigenvalue weighted by Crippen LogP contribution is 2.20. The molecule has 0 saturated carbocycles. The molecule has 4 heteroatoms. The lowest BCUT2D eigenvalue weighted by Crippen LogP contribution is -2.07. The van der Waals surface area contributed by atoms with Gasteiger partial charge in [0.25, 0.3) is 0 Å². The highest BCUT2D eigenvalue weighted by molar-refractivity contribution is 5.76. The third-order valence-electron chi connectivity index (χ3n) is 2.30. The van der Waals surface area contributed by atoms with Crippen LogP contribution in [0.15, 0.2) is 18.3 Å². The lowest BCUT2D eigenvalue weighted by Gasteiger charge is -1.99. The van der Waals surface area contributed by atoms with Gasteiger partial charge in [0.1, 0.15) is 5.82 Å². The number of hydrogen-bond acceptors (Lipinski definition) is 3. The first-order chi connectivity index (χ1) is 7.25. The smallest absolute Gasteiger partial charge is 0.221 e. The fourth-order valence-electron chi connectivity index (χ4n) is 1.60. The number of aromatic nitrogens is 1. The Morgan fingerprint density at radius 3 is 3.33 bits per heavy atom. The van der Waals surface area contributed by atoms with E-state index in [4.69, 9.17) is 5.73 Å². The fraction of sp³-hybridized carbons (Fsp3) is 0.273. The van der Waals surface area contributed by atoms with E-state index in [-0.39, 0.29) is 12.3 Å².